The number of thiazole rings is 1. The highest BCUT2D eigenvalue weighted by Gasteiger charge is 2.15. The summed E-state index contributed by atoms with van der Waals surface area (Å²) in [5.74, 6) is -1.24. The minimum absolute atomic E-state index is 0.218. The zero-order chi connectivity index (χ0) is 19.7. The van der Waals surface area contributed by atoms with E-state index in [2.05, 4.69) is 31.7 Å². The van der Waals surface area contributed by atoms with Crippen LogP contribution in [0.3, 0.4) is 0 Å². The van der Waals surface area contributed by atoms with E-state index in [-0.39, 0.29) is 11.1 Å². The summed E-state index contributed by atoms with van der Waals surface area (Å²) in [5.41, 5.74) is 1.96. The van der Waals surface area contributed by atoms with E-state index in [1.54, 1.807) is 6.07 Å². The van der Waals surface area contributed by atoms with E-state index in [4.69, 9.17) is 0 Å². The number of H-pyrrole nitrogens is 1. The van der Waals surface area contributed by atoms with E-state index in [1.165, 1.54) is 41.9 Å². The number of aromatic amines is 1. The van der Waals surface area contributed by atoms with Gasteiger partial charge in [0.2, 0.25) is 5.56 Å². The molecule has 0 unspecified atom stereocenters. The molecule has 138 valence electrons. The van der Waals surface area contributed by atoms with Gasteiger partial charge in [-0.2, -0.15) is 10.2 Å². The topological polar surface area (TPSA) is 127 Å². The molecule has 10 heteroatoms. The van der Waals surface area contributed by atoms with Gasteiger partial charge < -0.3 is 20.7 Å². The Morgan fingerprint density at radius 3 is 2.75 bits per heavy atom. The zero-order valence-electron chi connectivity index (χ0n) is 14.0. The van der Waals surface area contributed by atoms with E-state index in [1.807, 2.05) is 0 Å². The van der Waals surface area contributed by atoms with Crippen LogP contribution in [0.1, 0.15) is 5.56 Å². The van der Waals surface area contributed by atoms with Gasteiger partial charge in [-0.1, -0.05) is 11.3 Å². The number of phenolic OH excluding ortho intramolecular Hbond substituents is 1. The normalized spacial score (nSPS) is 10.6. The lowest BCUT2D eigenvalue weighted by molar-refractivity contribution is 0.433. The second-order valence-corrected chi connectivity index (χ2v) is 6.69. The Hall–Kier alpha value is -3.97. The lowest BCUT2D eigenvalue weighted by Crippen LogP contribution is -2.02. The van der Waals surface area contributed by atoms with Crippen LogP contribution >= 0.6 is 11.3 Å². The summed E-state index contributed by atoms with van der Waals surface area (Å²) in [4.78, 5) is 22.3. The van der Waals surface area contributed by atoms with Gasteiger partial charge in [-0.3, -0.25) is 4.79 Å². The van der Waals surface area contributed by atoms with E-state index >= 15 is 0 Å². The van der Waals surface area contributed by atoms with E-state index < -0.39 is 11.6 Å². The molecule has 3 aromatic heterocycles. The highest BCUT2D eigenvalue weighted by atomic mass is 32.1. The molecule has 4 aromatic rings. The number of nitrogens with zero attached hydrogens (tertiary/aromatic N) is 3. The van der Waals surface area contributed by atoms with Crippen LogP contribution in [0.4, 0.5) is 26.6 Å². The van der Waals surface area contributed by atoms with E-state index in [0.717, 1.165) is 6.07 Å². The SMILES string of the molecule is N#Cc1cnc2nc(Nc3ccc(=O)[nH]c3)sc2c1Nc1ccc(F)c(O)c1. The number of phenols is 1. The van der Waals surface area contributed by atoms with E-state index in [0.29, 0.717) is 32.5 Å². The second-order valence-electron chi connectivity index (χ2n) is 5.69. The number of anilines is 4. The highest BCUT2D eigenvalue weighted by Crippen LogP contribution is 2.36. The molecular formula is C18H11FN6O2S. The van der Waals surface area contributed by atoms with Gasteiger partial charge in [-0.05, 0) is 18.2 Å². The van der Waals surface area contributed by atoms with Crippen molar-refractivity contribution in [2.24, 2.45) is 0 Å². The number of fused-ring (bicyclic) bond motifs is 1. The Kier molecular flexibility index (Phi) is 4.35. The van der Waals surface area contributed by atoms with Crippen LogP contribution in [0, 0.1) is 17.1 Å². The summed E-state index contributed by atoms with van der Waals surface area (Å²) in [6.07, 6.45) is 2.90. The molecule has 0 spiro atoms. The summed E-state index contributed by atoms with van der Waals surface area (Å²) < 4.78 is 13.9. The van der Waals surface area contributed by atoms with Crippen LogP contribution in [-0.4, -0.2) is 20.1 Å². The molecule has 8 nitrogen and oxygen atoms in total. The van der Waals surface area contributed by atoms with Crippen molar-refractivity contribution in [3.63, 3.8) is 0 Å². The van der Waals surface area contributed by atoms with Crippen molar-refractivity contribution in [2.75, 3.05) is 10.6 Å². The third kappa shape index (κ3) is 3.34. The minimum atomic E-state index is -0.740. The summed E-state index contributed by atoms with van der Waals surface area (Å²) >= 11 is 1.25. The molecule has 0 fully saturated rings. The minimum Gasteiger partial charge on any atom is -0.505 e. The number of hydrogen-bond donors (Lipinski definition) is 4. The van der Waals surface area contributed by atoms with Crippen LogP contribution < -0.4 is 16.2 Å². The Labute approximate surface area is 161 Å². The molecule has 0 aliphatic heterocycles. The maximum Gasteiger partial charge on any atom is 0.248 e. The fourth-order valence-corrected chi connectivity index (χ4v) is 3.43. The summed E-state index contributed by atoms with van der Waals surface area (Å²) in [6, 6.07) is 8.85. The summed E-state index contributed by atoms with van der Waals surface area (Å²) in [5, 5.41) is 25.6. The predicted molar refractivity (Wildman–Crippen MR) is 104 cm³/mol. The lowest BCUT2D eigenvalue weighted by atomic mass is 10.2. The van der Waals surface area contributed by atoms with Crippen molar-refractivity contribution in [3.8, 4) is 11.8 Å². The van der Waals surface area contributed by atoms with Gasteiger partial charge in [0.1, 0.15) is 10.8 Å². The average molecular weight is 394 g/mol. The van der Waals surface area contributed by atoms with Crippen LogP contribution in [0.15, 0.2) is 47.5 Å². The molecule has 3 heterocycles. The largest absolute Gasteiger partial charge is 0.505 e. The van der Waals surface area contributed by atoms with Crippen molar-refractivity contribution in [1.29, 1.82) is 5.26 Å². The number of rotatable bonds is 4. The van der Waals surface area contributed by atoms with Gasteiger partial charge in [0.15, 0.2) is 22.3 Å². The van der Waals surface area contributed by atoms with E-state index in [9.17, 15) is 19.6 Å². The maximum atomic E-state index is 13.3. The molecule has 0 aliphatic rings. The first-order valence-corrected chi connectivity index (χ1v) is 8.76. The van der Waals surface area contributed by atoms with Crippen molar-refractivity contribution < 1.29 is 9.50 Å². The number of pyridine rings is 2. The monoisotopic (exact) mass is 394 g/mol. The van der Waals surface area contributed by atoms with Crippen molar-refractivity contribution in [1.82, 2.24) is 15.0 Å². The van der Waals surface area contributed by atoms with Gasteiger partial charge in [0, 0.05) is 30.2 Å². The number of nitrogens with one attached hydrogen (secondary N) is 3. The summed E-state index contributed by atoms with van der Waals surface area (Å²) in [7, 11) is 0. The number of nitriles is 1. The summed E-state index contributed by atoms with van der Waals surface area (Å²) in [6.45, 7) is 0. The number of hydrogen-bond acceptors (Lipinski definition) is 8. The Balaban J connectivity index is 1.74. The zero-order valence-corrected chi connectivity index (χ0v) is 14.8. The third-order valence-corrected chi connectivity index (χ3v) is 4.77. The molecule has 0 atom stereocenters. The van der Waals surface area contributed by atoms with Gasteiger partial charge in [0.25, 0.3) is 0 Å². The number of aromatic hydroxyl groups is 1. The molecule has 28 heavy (non-hydrogen) atoms. The quantitative estimate of drug-likeness (QED) is 0.417. The Morgan fingerprint density at radius 2 is 2.04 bits per heavy atom. The fourth-order valence-electron chi connectivity index (χ4n) is 2.48. The second kappa shape index (κ2) is 6.98. The number of halogens is 1. The van der Waals surface area contributed by atoms with Crippen LogP contribution in [-0.2, 0) is 0 Å². The average Bonchev–Trinajstić information content (AvgIpc) is 3.10. The Bertz CT molecular complexity index is 1270. The first kappa shape index (κ1) is 17.4. The predicted octanol–water partition coefficient (Wildman–Crippen LogP) is 3.58. The highest BCUT2D eigenvalue weighted by molar-refractivity contribution is 7.22. The van der Waals surface area contributed by atoms with Gasteiger partial charge in [-0.25, -0.2) is 9.37 Å². The van der Waals surface area contributed by atoms with Gasteiger partial charge in [0.05, 0.1) is 16.9 Å². The first-order valence-electron chi connectivity index (χ1n) is 7.94. The lowest BCUT2D eigenvalue weighted by Gasteiger charge is -2.09. The van der Waals surface area contributed by atoms with Gasteiger partial charge in [-0.15, -0.1) is 0 Å². The fraction of sp³-hybridized carbons (Fsp3) is 0. The van der Waals surface area contributed by atoms with Crippen molar-refractivity contribution >= 4 is 43.9 Å². The van der Waals surface area contributed by atoms with Crippen molar-refractivity contribution in [3.05, 3.63) is 64.5 Å². The molecule has 0 saturated heterocycles. The smallest absolute Gasteiger partial charge is 0.248 e. The van der Waals surface area contributed by atoms with Crippen molar-refractivity contribution in [2.45, 2.75) is 0 Å². The molecule has 0 aliphatic carbocycles. The molecular weight excluding hydrogens is 383 g/mol. The van der Waals surface area contributed by atoms with Crippen LogP contribution in [0.2, 0.25) is 0 Å². The molecule has 4 rings (SSSR count). The molecule has 0 saturated carbocycles. The molecule has 1 aromatic carbocycles. The Morgan fingerprint density at radius 1 is 1.21 bits per heavy atom. The molecule has 0 amide bonds. The van der Waals surface area contributed by atoms with Crippen LogP contribution in [0.5, 0.6) is 5.75 Å². The maximum absolute atomic E-state index is 13.3. The standard InChI is InChI=1S/C18H11FN6O2S/c19-12-3-1-10(5-13(12)26)23-15-9(6-20)7-22-17-16(15)28-18(25-17)24-11-2-4-14(27)21-8-11/h1-5,7-8,26H,(H,21,27)(H2,22,23,24,25). The number of aromatic nitrogens is 3. The molecule has 0 radical (unpaired) electrons. The van der Waals surface area contributed by atoms with Gasteiger partial charge >= 0.3 is 0 Å². The molecule has 4 N–H and O–H groups in total. The van der Waals surface area contributed by atoms with Crippen LogP contribution in [0.25, 0.3) is 10.3 Å². The first-order chi connectivity index (χ1) is 13.5. The molecule has 0 bridgehead atoms. The number of benzene rings is 1. The third-order valence-electron chi connectivity index (χ3n) is 3.79.